The van der Waals surface area contributed by atoms with Crippen LogP contribution in [0.3, 0.4) is 0 Å². The Balaban J connectivity index is 1.32. The normalized spacial score (nSPS) is 25.1. The van der Waals surface area contributed by atoms with Crippen LogP contribution in [0.1, 0.15) is 50.0 Å². The number of carbonyl (C=O) groups is 1. The molecule has 1 aliphatic carbocycles. The molecule has 0 aromatic heterocycles. The van der Waals surface area contributed by atoms with Gasteiger partial charge in [0.1, 0.15) is 5.82 Å². The smallest absolute Gasteiger partial charge is 0.243 e. The minimum absolute atomic E-state index is 0.0535. The number of rotatable bonds is 5. The molecule has 31 heavy (non-hydrogen) atoms. The van der Waals surface area contributed by atoms with Crippen molar-refractivity contribution in [3.63, 3.8) is 0 Å². The number of amides is 1. The standard InChI is InChI=1S/C24H29FN2O3S/c25-21-10-14-23(15-11-21)31(29,30)27-16-4-7-20(17-27)24(28)26-22-12-8-19(9-13-22)18-5-2-1-3-6-18/h1-3,5-6,10-11,14-15,19-20,22H,4,7-9,12-13,16-17H2,(H,26,28). The fourth-order valence-electron chi connectivity index (χ4n) is 4.75. The van der Waals surface area contributed by atoms with Gasteiger partial charge in [-0.2, -0.15) is 4.31 Å². The Hall–Kier alpha value is -2.25. The summed E-state index contributed by atoms with van der Waals surface area (Å²) in [6, 6.07) is 15.5. The number of hydrogen-bond donors (Lipinski definition) is 1. The van der Waals surface area contributed by atoms with Gasteiger partial charge in [-0.15, -0.1) is 0 Å². The van der Waals surface area contributed by atoms with Crippen LogP contribution < -0.4 is 5.32 Å². The monoisotopic (exact) mass is 444 g/mol. The van der Waals surface area contributed by atoms with Gasteiger partial charge in [0.05, 0.1) is 10.8 Å². The van der Waals surface area contributed by atoms with Gasteiger partial charge in [0.25, 0.3) is 0 Å². The van der Waals surface area contributed by atoms with E-state index in [-0.39, 0.29) is 29.3 Å². The van der Waals surface area contributed by atoms with Crippen LogP contribution in [0.2, 0.25) is 0 Å². The molecule has 1 saturated carbocycles. The molecule has 2 aromatic carbocycles. The van der Waals surface area contributed by atoms with Crippen molar-refractivity contribution in [3.05, 3.63) is 66.0 Å². The third-order valence-electron chi connectivity index (χ3n) is 6.55. The molecule has 2 fully saturated rings. The van der Waals surface area contributed by atoms with E-state index >= 15 is 0 Å². The van der Waals surface area contributed by atoms with Crippen LogP contribution in [0.4, 0.5) is 4.39 Å². The Bertz CT molecular complexity index is 987. The zero-order valence-electron chi connectivity index (χ0n) is 17.5. The Kier molecular flexibility index (Phi) is 6.72. The molecule has 1 amide bonds. The van der Waals surface area contributed by atoms with Crippen LogP contribution >= 0.6 is 0 Å². The van der Waals surface area contributed by atoms with Crippen molar-refractivity contribution in [1.82, 2.24) is 9.62 Å². The third kappa shape index (κ3) is 5.15. The maximum Gasteiger partial charge on any atom is 0.243 e. The first kappa shape index (κ1) is 22.0. The van der Waals surface area contributed by atoms with Crippen LogP contribution in [0.15, 0.2) is 59.5 Å². The summed E-state index contributed by atoms with van der Waals surface area (Å²) in [5.74, 6) is -0.338. The minimum Gasteiger partial charge on any atom is -0.353 e. The van der Waals surface area contributed by atoms with Crippen LogP contribution in [-0.4, -0.2) is 37.8 Å². The summed E-state index contributed by atoms with van der Waals surface area (Å²) in [4.78, 5) is 13.0. The van der Waals surface area contributed by atoms with Gasteiger partial charge in [0.2, 0.25) is 15.9 Å². The maximum absolute atomic E-state index is 13.2. The average molecular weight is 445 g/mol. The molecule has 2 aliphatic rings. The SMILES string of the molecule is O=C(NC1CCC(c2ccccc2)CC1)C1CCCN(S(=O)(=O)c2ccc(F)cc2)C1. The van der Waals surface area contributed by atoms with E-state index in [1.807, 2.05) is 6.07 Å². The lowest BCUT2D eigenvalue weighted by Gasteiger charge is -2.34. The van der Waals surface area contributed by atoms with Crippen molar-refractivity contribution in [1.29, 1.82) is 0 Å². The molecule has 1 unspecified atom stereocenters. The molecule has 1 N–H and O–H groups in total. The second kappa shape index (κ2) is 9.49. The molecule has 5 nitrogen and oxygen atoms in total. The molecule has 1 saturated heterocycles. The van der Waals surface area contributed by atoms with Gasteiger partial charge in [-0.1, -0.05) is 30.3 Å². The third-order valence-corrected chi connectivity index (χ3v) is 8.43. The van der Waals surface area contributed by atoms with Crippen LogP contribution in [0.5, 0.6) is 0 Å². The lowest BCUT2D eigenvalue weighted by atomic mass is 9.81. The molecule has 0 spiro atoms. The molecular formula is C24H29FN2O3S. The number of sulfonamides is 1. The van der Waals surface area contributed by atoms with E-state index in [4.69, 9.17) is 0 Å². The van der Waals surface area contributed by atoms with Crippen molar-refractivity contribution in [2.45, 2.75) is 55.4 Å². The fourth-order valence-corrected chi connectivity index (χ4v) is 6.27. The first-order chi connectivity index (χ1) is 14.9. The summed E-state index contributed by atoms with van der Waals surface area (Å²) in [6.45, 7) is 0.552. The Morgan fingerprint density at radius 1 is 0.935 bits per heavy atom. The van der Waals surface area contributed by atoms with E-state index in [0.717, 1.165) is 37.8 Å². The highest BCUT2D eigenvalue weighted by molar-refractivity contribution is 7.89. The van der Waals surface area contributed by atoms with Gasteiger partial charge in [-0.3, -0.25) is 4.79 Å². The molecule has 0 radical (unpaired) electrons. The Labute approximate surface area is 183 Å². The zero-order chi connectivity index (χ0) is 21.8. The topological polar surface area (TPSA) is 66.5 Å². The summed E-state index contributed by atoms with van der Waals surface area (Å²) >= 11 is 0. The number of piperidine rings is 1. The summed E-state index contributed by atoms with van der Waals surface area (Å²) in [5, 5.41) is 3.17. The van der Waals surface area contributed by atoms with Crippen LogP contribution in [0.25, 0.3) is 0 Å². The number of nitrogens with zero attached hydrogens (tertiary/aromatic N) is 1. The van der Waals surface area contributed by atoms with E-state index in [1.165, 1.54) is 22.0 Å². The van der Waals surface area contributed by atoms with Gasteiger partial charge in [0, 0.05) is 19.1 Å². The predicted molar refractivity (Wildman–Crippen MR) is 117 cm³/mol. The molecule has 7 heteroatoms. The van der Waals surface area contributed by atoms with Crippen molar-refractivity contribution < 1.29 is 17.6 Å². The van der Waals surface area contributed by atoms with Gasteiger partial charge in [-0.05, 0) is 74.3 Å². The maximum atomic E-state index is 13.2. The van der Waals surface area contributed by atoms with Gasteiger partial charge >= 0.3 is 0 Å². The van der Waals surface area contributed by atoms with E-state index in [9.17, 15) is 17.6 Å². The van der Waals surface area contributed by atoms with E-state index in [2.05, 4.69) is 29.6 Å². The summed E-state index contributed by atoms with van der Waals surface area (Å²) in [6.07, 6.45) is 5.29. The van der Waals surface area contributed by atoms with E-state index in [1.54, 1.807) is 0 Å². The summed E-state index contributed by atoms with van der Waals surface area (Å²) < 4.78 is 40.3. The van der Waals surface area contributed by atoms with Gasteiger partial charge < -0.3 is 5.32 Å². The van der Waals surface area contributed by atoms with Crippen molar-refractivity contribution >= 4 is 15.9 Å². The summed E-state index contributed by atoms with van der Waals surface area (Å²) in [5.41, 5.74) is 1.36. The highest BCUT2D eigenvalue weighted by Gasteiger charge is 2.34. The first-order valence-electron chi connectivity index (χ1n) is 11.0. The van der Waals surface area contributed by atoms with E-state index < -0.39 is 15.8 Å². The van der Waals surface area contributed by atoms with Crippen molar-refractivity contribution in [2.75, 3.05) is 13.1 Å². The highest BCUT2D eigenvalue weighted by atomic mass is 32.2. The molecule has 0 bridgehead atoms. The molecule has 1 heterocycles. The number of carbonyl (C=O) groups excluding carboxylic acids is 1. The summed E-state index contributed by atoms with van der Waals surface area (Å²) in [7, 11) is -3.73. The molecular weight excluding hydrogens is 415 g/mol. The van der Waals surface area contributed by atoms with Gasteiger partial charge in [-0.25, -0.2) is 12.8 Å². The highest BCUT2D eigenvalue weighted by Crippen LogP contribution is 2.33. The Morgan fingerprint density at radius 3 is 2.29 bits per heavy atom. The number of halogens is 1. The average Bonchev–Trinajstić information content (AvgIpc) is 2.80. The Morgan fingerprint density at radius 2 is 1.61 bits per heavy atom. The zero-order valence-corrected chi connectivity index (χ0v) is 18.4. The predicted octanol–water partition coefficient (Wildman–Crippen LogP) is 4.07. The lowest BCUT2D eigenvalue weighted by molar-refractivity contribution is -0.127. The molecule has 166 valence electrons. The minimum atomic E-state index is -3.73. The molecule has 2 aromatic rings. The van der Waals surface area contributed by atoms with E-state index in [0.29, 0.717) is 25.3 Å². The van der Waals surface area contributed by atoms with Crippen LogP contribution in [-0.2, 0) is 14.8 Å². The second-order valence-electron chi connectivity index (χ2n) is 8.62. The lowest BCUT2D eigenvalue weighted by Crippen LogP contribution is -2.48. The van der Waals surface area contributed by atoms with Crippen molar-refractivity contribution in [3.8, 4) is 0 Å². The molecule has 4 rings (SSSR count). The quantitative estimate of drug-likeness (QED) is 0.756. The molecule has 1 atom stereocenters. The number of nitrogens with one attached hydrogen (secondary N) is 1. The fraction of sp³-hybridized carbons (Fsp3) is 0.458. The molecule has 1 aliphatic heterocycles. The largest absolute Gasteiger partial charge is 0.353 e. The second-order valence-corrected chi connectivity index (χ2v) is 10.6. The number of benzene rings is 2. The number of hydrogen-bond acceptors (Lipinski definition) is 3. The first-order valence-corrected chi connectivity index (χ1v) is 12.5. The van der Waals surface area contributed by atoms with Crippen molar-refractivity contribution in [2.24, 2.45) is 5.92 Å². The van der Waals surface area contributed by atoms with Crippen LogP contribution in [0, 0.1) is 11.7 Å². The van der Waals surface area contributed by atoms with Gasteiger partial charge in [0.15, 0.2) is 0 Å².